The predicted octanol–water partition coefficient (Wildman–Crippen LogP) is 4.04. The van der Waals surface area contributed by atoms with E-state index in [9.17, 15) is 26.5 Å². The van der Waals surface area contributed by atoms with Gasteiger partial charge in [-0.3, -0.25) is 4.55 Å². The number of anilines is 1. The number of nitrogens with one attached hydrogen (secondary N) is 1. The minimum Gasteiger partial charge on any atom is -0.507 e. The van der Waals surface area contributed by atoms with Gasteiger partial charge in [0, 0.05) is 17.8 Å². The van der Waals surface area contributed by atoms with Crippen LogP contribution in [0, 0.1) is 0 Å². The smallest absolute Gasteiger partial charge is 0.296 e. The Bertz CT molecular complexity index is 1370. The van der Waals surface area contributed by atoms with Crippen molar-refractivity contribution in [1.29, 1.82) is 0 Å². The third-order valence-corrected chi connectivity index (χ3v) is 7.10. The zero-order valence-electron chi connectivity index (χ0n) is 16.1. The lowest BCUT2D eigenvalue weighted by Crippen LogP contribution is -2.06. The van der Waals surface area contributed by atoms with Gasteiger partial charge in [-0.2, -0.15) is 8.42 Å². The maximum absolute atomic E-state index is 12.1. The molecular weight excluding hydrogens is 430 g/mol. The summed E-state index contributed by atoms with van der Waals surface area (Å²) in [6.45, 7) is 1.42. The minimum atomic E-state index is -4.77. The molecule has 0 saturated heterocycles. The quantitative estimate of drug-likeness (QED) is 0.380. The number of hydrogen-bond acceptors (Lipinski definition) is 8. The number of sulfone groups is 1. The molecule has 0 unspecified atom stereocenters. The topological polar surface area (TPSA) is 145 Å². The Kier molecular flexibility index (Phi) is 5.79. The van der Waals surface area contributed by atoms with E-state index in [-0.39, 0.29) is 22.1 Å². The maximum atomic E-state index is 12.1. The van der Waals surface area contributed by atoms with Crippen molar-refractivity contribution < 1.29 is 26.5 Å². The summed E-state index contributed by atoms with van der Waals surface area (Å²) < 4.78 is 57.4. The van der Waals surface area contributed by atoms with E-state index >= 15 is 0 Å². The number of benzene rings is 3. The summed E-state index contributed by atoms with van der Waals surface area (Å²) in [5, 5.41) is 22.2. The lowest BCUT2D eigenvalue weighted by atomic mass is 10.1. The van der Waals surface area contributed by atoms with Gasteiger partial charge in [-0.25, -0.2) is 8.42 Å². The van der Waals surface area contributed by atoms with Crippen LogP contribution in [0.1, 0.15) is 6.92 Å². The van der Waals surface area contributed by atoms with E-state index in [0.29, 0.717) is 22.1 Å². The Morgan fingerprint density at radius 2 is 1.70 bits per heavy atom. The highest BCUT2D eigenvalue weighted by Gasteiger charge is 2.21. The van der Waals surface area contributed by atoms with Gasteiger partial charge in [0.2, 0.25) is 0 Å². The number of hydrogen-bond donors (Lipinski definition) is 3. The molecule has 9 nitrogen and oxygen atoms in total. The normalized spacial score (nSPS) is 12.5. The van der Waals surface area contributed by atoms with E-state index in [2.05, 4.69) is 15.5 Å². The second-order valence-electron chi connectivity index (χ2n) is 6.29. The predicted molar refractivity (Wildman–Crippen MR) is 113 cm³/mol. The standard InChI is InChI=1S/C19H19N3O6S2/c1-3-29(24,25)12-7-9-15(18(11-12)30(26,27)28)21-22-19-14-5-4-6-17(23)13(14)8-10-16(19)20-2/h4-11,20,23H,3H2,1-2H3,(H,26,27,28). The Labute approximate surface area is 173 Å². The van der Waals surface area contributed by atoms with Crippen LogP contribution in [0.5, 0.6) is 5.75 Å². The van der Waals surface area contributed by atoms with Crippen LogP contribution < -0.4 is 5.32 Å². The Hall–Kier alpha value is -3.02. The molecule has 11 heteroatoms. The third kappa shape index (κ3) is 4.13. The molecule has 0 aromatic heterocycles. The van der Waals surface area contributed by atoms with Crippen molar-refractivity contribution in [2.45, 2.75) is 16.7 Å². The van der Waals surface area contributed by atoms with Crippen LogP contribution in [0.25, 0.3) is 10.8 Å². The van der Waals surface area contributed by atoms with Gasteiger partial charge in [-0.1, -0.05) is 19.1 Å². The number of aromatic hydroxyl groups is 1. The van der Waals surface area contributed by atoms with Crippen LogP contribution in [0.3, 0.4) is 0 Å². The van der Waals surface area contributed by atoms with Crippen molar-refractivity contribution in [3.63, 3.8) is 0 Å². The summed E-state index contributed by atoms with van der Waals surface area (Å²) in [4.78, 5) is -0.919. The maximum Gasteiger partial charge on any atom is 0.296 e. The highest BCUT2D eigenvalue weighted by molar-refractivity contribution is 7.91. The molecule has 0 fully saturated rings. The van der Waals surface area contributed by atoms with Gasteiger partial charge in [-0.05, 0) is 36.4 Å². The van der Waals surface area contributed by atoms with Crippen molar-refractivity contribution in [3.8, 4) is 5.75 Å². The largest absolute Gasteiger partial charge is 0.507 e. The van der Waals surface area contributed by atoms with Crippen LogP contribution in [-0.4, -0.2) is 39.3 Å². The van der Waals surface area contributed by atoms with Crippen molar-refractivity contribution in [2.75, 3.05) is 18.1 Å². The third-order valence-electron chi connectivity index (χ3n) is 4.49. The van der Waals surface area contributed by atoms with E-state index in [1.54, 1.807) is 31.3 Å². The molecule has 0 bridgehead atoms. The fourth-order valence-corrected chi connectivity index (χ4v) is 4.51. The van der Waals surface area contributed by atoms with Crippen LogP contribution in [0.15, 0.2) is 68.6 Å². The van der Waals surface area contributed by atoms with Gasteiger partial charge in [0.1, 0.15) is 22.0 Å². The molecule has 0 aliphatic carbocycles. The molecule has 3 N–H and O–H groups in total. The van der Waals surface area contributed by atoms with Gasteiger partial charge in [0.25, 0.3) is 10.1 Å². The SMILES string of the molecule is CCS(=O)(=O)c1ccc(N=Nc2c(NC)ccc3c(O)cccc23)c(S(=O)(=O)O)c1. The van der Waals surface area contributed by atoms with Crippen molar-refractivity contribution >= 4 is 47.8 Å². The second-order valence-corrected chi connectivity index (χ2v) is 9.96. The summed E-state index contributed by atoms with van der Waals surface area (Å²) in [7, 11) is -6.80. The van der Waals surface area contributed by atoms with E-state index in [1.807, 2.05) is 0 Å². The van der Waals surface area contributed by atoms with E-state index < -0.39 is 24.9 Å². The monoisotopic (exact) mass is 449 g/mol. The zero-order chi connectivity index (χ0) is 22.1. The molecule has 0 spiro atoms. The Morgan fingerprint density at radius 3 is 2.33 bits per heavy atom. The van der Waals surface area contributed by atoms with Gasteiger partial charge in [-0.15, -0.1) is 10.2 Å². The average molecular weight is 450 g/mol. The van der Waals surface area contributed by atoms with Crippen LogP contribution in [-0.2, 0) is 20.0 Å². The van der Waals surface area contributed by atoms with E-state index in [1.165, 1.54) is 19.1 Å². The Morgan fingerprint density at radius 1 is 0.967 bits per heavy atom. The van der Waals surface area contributed by atoms with Crippen molar-refractivity contribution in [3.05, 3.63) is 48.5 Å². The van der Waals surface area contributed by atoms with Crippen LogP contribution >= 0.6 is 0 Å². The molecule has 3 aromatic rings. The first-order valence-electron chi connectivity index (χ1n) is 8.77. The fourth-order valence-electron chi connectivity index (χ4n) is 2.88. The summed E-state index contributed by atoms with van der Waals surface area (Å²) >= 11 is 0. The molecule has 30 heavy (non-hydrogen) atoms. The zero-order valence-corrected chi connectivity index (χ0v) is 17.7. The number of phenolic OH excluding ortho intramolecular Hbond substituents is 1. The average Bonchev–Trinajstić information content (AvgIpc) is 2.71. The summed E-state index contributed by atoms with van der Waals surface area (Å²) in [6.07, 6.45) is 0. The van der Waals surface area contributed by atoms with Crippen molar-refractivity contribution in [1.82, 2.24) is 0 Å². The van der Waals surface area contributed by atoms with E-state index in [4.69, 9.17) is 0 Å². The second kappa shape index (κ2) is 8.01. The molecule has 0 atom stereocenters. The first-order chi connectivity index (χ1) is 14.1. The summed E-state index contributed by atoms with van der Waals surface area (Å²) in [5.41, 5.74) is 0.666. The van der Waals surface area contributed by atoms with Crippen LogP contribution in [0.4, 0.5) is 17.1 Å². The van der Waals surface area contributed by atoms with Crippen LogP contribution in [0.2, 0.25) is 0 Å². The number of rotatable bonds is 6. The first-order valence-corrected chi connectivity index (χ1v) is 11.9. The number of azo groups is 1. The molecule has 0 aliphatic rings. The summed E-state index contributed by atoms with van der Waals surface area (Å²) in [6, 6.07) is 11.5. The molecule has 0 amide bonds. The molecule has 3 rings (SSSR count). The van der Waals surface area contributed by atoms with Crippen molar-refractivity contribution in [2.24, 2.45) is 10.2 Å². The fraction of sp³-hybridized carbons (Fsp3) is 0.158. The van der Waals surface area contributed by atoms with E-state index in [0.717, 1.165) is 12.1 Å². The lowest BCUT2D eigenvalue weighted by molar-refractivity contribution is 0.481. The van der Waals surface area contributed by atoms with Gasteiger partial charge < -0.3 is 10.4 Å². The highest BCUT2D eigenvalue weighted by atomic mass is 32.2. The molecule has 158 valence electrons. The molecule has 0 radical (unpaired) electrons. The Balaban J connectivity index is 2.21. The summed E-state index contributed by atoms with van der Waals surface area (Å²) in [5.74, 6) is -0.191. The lowest BCUT2D eigenvalue weighted by Gasteiger charge is -2.10. The molecule has 0 aliphatic heterocycles. The minimum absolute atomic E-state index is 0.0411. The molecule has 0 saturated carbocycles. The number of phenols is 1. The van der Waals surface area contributed by atoms with Gasteiger partial charge in [0.15, 0.2) is 9.84 Å². The number of fused-ring (bicyclic) bond motifs is 1. The molecular formula is C19H19N3O6S2. The molecule has 3 aromatic carbocycles. The number of nitrogens with zero attached hydrogens (tertiary/aromatic N) is 2. The first kappa shape index (κ1) is 21.7. The molecule has 0 heterocycles. The van der Waals surface area contributed by atoms with Gasteiger partial charge >= 0.3 is 0 Å². The van der Waals surface area contributed by atoms with Gasteiger partial charge in [0.05, 0.1) is 16.3 Å². The highest BCUT2D eigenvalue weighted by Crippen LogP contribution is 2.39.